The second-order valence-corrected chi connectivity index (χ2v) is 11.1. The quantitative estimate of drug-likeness (QED) is 0.115. The lowest BCUT2D eigenvalue weighted by Gasteiger charge is -2.20. The first-order chi connectivity index (χ1) is 22.7. The molecule has 0 bridgehead atoms. The molecule has 0 amide bonds. The number of hydrogen-bond acceptors (Lipinski definition) is 12. The van der Waals surface area contributed by atoms with Crippen LogP contribution in [0.2, 0.25) is 0 Å². The maximum atomic E-state index is 11.3. The first-order valence-corrected chi connectivity index (χ1v) is 14.8. The molecule has 0 unspecified atom stereocenters. The van der Waals surface area contributed by atoms with Crippen molar-refractivity contribution in [2.75, 3.05) is 30.0 Å². The predicted molar refractivity (Wildman–Crippen MR) is 175 cm³/mol. The van der Waals surface area contributed by atoms with Gasteiger partial charge < -0.3 is 36.1 Å². The van der Waals surface area contributed by atoms with Crippen LogP contribution in [0.5, 0.6) is 0 Å². The lowest BCUT2D eigenvalue weighted by Crippen LogP contribution is -2.38. The summed E-state index contributed by atoms with van der Waals surface area (Å²) >= 11 is 0. The fourth-order valence-corrected chi connectivity index (χ4v) is 5.33. The lowest BCUT2D eigenvalue weighted by molar-refractivity contribution is -0.147. The zero-order chi connectivity index (χ0) is 32.9. The molecular weight excluding hydrogens is 604 g/mol. The average molecular weight is 639 g/mol. The summed E-state index contributed by atoms with van der Waals surface area (Å²) < 4.78 is 14.9. The Morgan fingerprint density at radius 2 is 1.74 bits per heavy atom. The van der Waals surface area contributed by atoms with Crippen molar-refractivity contribution in [3.63, 3.8) is 0 Å². The number of imidazole rings is 1. The van der Waals surface area contributed by atoms with Crippen molar-refractivity contribution in [2.24, 2.45) is 0 Å². The molecular formula is C32H34N10O5. The maximum absolute atomic E-state index is 11.3. The standard InChI is InChI=1S/C32H34N10O5/c1-40(24-12-8-21(9-13-24)5-3-2-4-20-6-10-22(33)11-7-20)14-23-15-41(39-38-23)16-25-29(46-17-26(43)44)28(45)32(47-25)42-19-37-27-30(34)35-18-36-31(27)42/h2-13,15,18-19,25,28-29,32,45H,14,16-17,33H2,1H3,(H,43,44)(H2,34,35,36)/b4-2+,5-3+/t25-,28-,29-,32-/m1/s1. The normalized spacial score (nSPS) is 19.7. The molecule has 4 atom stereocenters. The third kappa shape index (κ3) is 7.27. The van der Waals surface area contributed by atoms with Crippen LogP contribution in [-0.2, 0) is 27.4 Å². The minimum Gasteiger partial charge on any atom is -0.480 e. The van der Waals surface area contributed by atoms with Gasteiger partial charge in [-0.25, -0.2) is 24.4 Å². The number of nitrogens with zero attached hydrogens (tertiary/aromatic N) is 8. The van der Waals surface area contributed by atoms with Crippen molar-refractivity contribution in [1.82, 2.24) is 34.5 Å². The number of carbonyl (C=O) groups is 1. The molecule has 3 aromatic heterocycles. The van der Waals surface area contributed by atoms with E-state index in [1.54, 1.807) is 10.9 Å². The number of carboxylic acid groups (broad SMARTS) is 1. The molecule has 1 fully saturated rings. The van der Waals surface area contributed by atoms with Crippen LogP contribution < -0.4 is 16.4 Å². The molecule has 1 aliphatic heterocycles. The van der Waals surface area contributed by atoms with Gasteiger partial charge in [-0.05, 0) is 35.4 Å². The number of aliphatic carboxylic acids is 1. The summed E-state index contributed by atoms with van der Waals surface area (Å²) in [5, 5.41) is 28.9. The van der Waals surface area contributed by atoms with E-state index in [1.165, 1.54) is 17.2 Å². The van der Waals surface area contributed by atoms with Crippen LogP contribution >= 0.6 is 0 Å². The Morgan fingerprint density at radius 1 is 1.04 bits per heavy atom. The molecule has 6 N–H and O–H groups in total. The van der Waals surface area contributed by atoms with Crippen LogP contribution in [0, 0.1) is 0 Å². The molecule has 0 saturated carbocycles. The van der Waals surface area contributed by atoms with Gasteiger partial charge in [-0.1, -0.05) is 53.8 Å². The Hall–Kier alpha value is -5.64. The number of aliphatic hydroxyl groups is 1. The molecule has 2 aromatic carbocycles. The van der Waals surface area contributed by atoms with Gasteiger partial charge in [0.25, 0.3) is 0 Å². The highest BCUT2D eigenvalue weighted by Crippen LogP contribution is 2.34. The summed E-state index contributed by atoms with van der Waals surface area (Å²) in [5.74, 6) is -0.988. The zero-order valence-corrected chi connectivity index (χ0v) is 25.4. The first-order valence-electron chi connectivity index (χ1n) is 14.8. The van der Waals surface area contributed by atoms with E-state index in [4.69, 9.17) is 20.9 Å². The van der Waals surface area contributed by atoms with Crippen LogP contribution in [0.25, 0.3) is 23.3 Å². The van der Waals surface area contributed by atoms with E-state index in [9.17, 15) is 15.0 Å². The van der Waals surface area contributed by atoms with Crippen LogP contribution in [0.3, 0.4) is 0 Å². The zero-order valence-electron chi connectivity index (χ0n) is 25.4. The highest BCUT2D eigenvalue weighted by molar-refractivity contribution is 5.81. The molecule has 6 rings (SSSR count). The minimum absolute atomic E-state index is 0.145. The second-order valence-electron chi connectivity index (χ2n) is 11.1. The van der Waals surface area contributed by atoms with Gasteiger partial charge >= 0.3 is 5.97 Å². The van der Waals surface area contributed by atoms with Gasteiger partial charge in [0.2, 0.25) is 0 Å². The number of rotatable bonds is 12. The largest absolute Gasteiger partial charge is 0.480 e. The summed E-state index contributed by atoms with van der Waals surface area (Å²) in [6.45, 7) is 0.0138. The van der Waals surface area contributed by atoms with E-state index in [-0.39, 0.29) is 12.4 Å². The summed E-state index contributed by atoms with van der Waals surface area (Å²) in [7, 11) is 1.96. The summed E-state index contributed by atoms with van der Waals surface area (Å²) in [6.07, 6.45) is 8.57. The predicted octanol–water partition coefficient (Wildman–Crippen LogP) is 2.37. The molecule has 0 spiro atoms. The number of carboxylic acids is 1. The molecule has 47 heavy (non-hydrogen) atoms. The second kappa shape index (κ2) is 13.8. The fraction of sp³-hybridized carbons (Fsp3) is 0.250. The first kappa shape index (κ1) is 31.3. The third-order valence-electron chi connectivity index (χ3n) is 7.68. The summed E-state index contributed by atoms with van der Waals surface area (Å²) in [5.41, 5.74) is 16.9. The van der Waals surface area contributed by atoms with E-state index in [1.807, 2.05) is 84.8 Å². The van der Waals surface area contributed by atoms with E-state index < -0.39 is 37.1 Å². The molecule has 4 heterocycles. The topological polar surface area (TPSA) is 206 Å². The van der Waals surface area contributed by atoms with Gasteiger partial charge in [0.15, 0.2) is 17.7 Å². The van der Waals surface area contributed by atoms with Crippen LogP contribution in [0.15, 0.2) is 79.5 Å². The van der Waals surface area contributed by atoms with E-state index in [0.717, 1.165) is 22.5 Å². The number of ether oxygens (including phenoxy) is 2. The maximum Gasteiger partial charge on any atom is 0.329 e. The molecule has 15 nitrogen and oxygen atoms in total. The van der Waals surface area contributed by atoms with Crippen LogP contribution in [0.4, 0.5) is 17.2 Å². The molecule has 0 aliphatic carbocycles. The summed E-state index contributed by atoms with van der Waals surface area (Å²) in [6, 6.07) is 15.8. The Bertz CT molecular complexity index is 1890. The number of fused-ring (bicyclic) bond motifs is 1. The van der Waals surface area contributed by atoms with Crippen molar-refractivity contribution in [3.8, 4) is 0 Å². The molecule has 15 heteroatoms. The fourth-order valence-electron chi connectivity index (χ4n) is 5.33. The van der Waals surface area contributed by atoms with E-state index >= 15 is 0 Å². The Labute approximate surface area is 269 Å². The molecule has 0 radical (unpaired) electrons. The van der Waals surface area contributed by atoms with Crippen LogP contribution in [-0.4, -0.2) is 82.7 Å². The van der Waals surface area contributed by atoms with E-state index in [0.29, 0.717) is 23.4 Å². The van der Waals surface area contributed by atoms with Crippen molar-refractivity contribution >= 4 is 46.5 Å². The van der Waals surface area contributed by atoms with Crippen molar-refractivity contribution in [3.05, 3.63) is 96.4 Å². The van der Waals surface area contributed by atoms with Gasteiger partial charge in [0.05, 0.1) is 25.6 Å². The number of nitrogens with two attached hydrogens (primary N) is 2. The number of nitrogen functional groups attached to an aromatic ring is 2. The Morgan fingerprint density at radius 3 is 2.45 bits per heavy atom. The molecule has 5 aromatic rings. The molecule has 1 aliphatic rings. The lowest BCUT2D eigenvalue weighted by atomic mass is 10.1. The van der Waals surface area contributed by atoms with Gasteiger partial charge in [-0.2, -0.15) is 0 Å². The van der Waals surface area contributed by atoms with Gasteiger partial charge in [0.1, 0.15) is 42.5 Å². The number of aliphatic hydroxyl groups excluding tert-OH is 1. The number of benzene rings is 2. The van der Waals surface area contributed by atoms with Gasteiger partial charge in [-0.15, -0.1) is 5.10 Å². The van der Waals surface area contributed by atoms with Gasteiger partial charge in [0, 0.05) is 18.4 Å². The van der Waals surface area contributed by atoms with Crippen molar-refractivity contribution in [2.45, 2.75) is 37.6 Å². The number of allylic oxidation sites excluding steroid dienone is 2. The number of anilines is 3. The third-order valence-corrected chi connectivity index (χ3v) is 7.68. The highest BCUT2D eigenvalue weighted by atomic mass is 16.6. The van der Waals surface area contributed by atoms with Crippen LogP contribution in [0.1, 0.15) is 23.0 Å². The summed E-state index contributed by atoms with van der Waals surface area (Å²) in [4.78, 5) is 25.7. The highest BCUT2D eigenvalue weighted by Gasteiger charge is 2.46. The average Bonchev–Trinajstić information content (AvgIpc) is 3.77. The van der Waals surface area contributed by atoms with Crippen molar-refractivity contribution < 1.29 is 24.5 Å². The Kier molecular flexibility index (Phi) is 9.19. The smallest absolute Gasteiger partial charge is 0.329 e. The van der Waals surface area contributed by atoms with Gasteiger partial charge in [-0.3, -0.25) is 4.57 Å². The number of aromatic nitrogens is 7. The Balaban J connectivity index is 1.08. The number of hydrogen-bond donors (Lipinski definition) is 4. The van der Waals surface area contributed by atoms with E-state index in [2.05, 4.69) is 25.3 Å². The SMILES string of the molecule is CN(Cc1cn(C[C@H]2O[C@@H](n3cnc4c(N)ncnc43)[C@H](O)[C@@H]2OCC(=O)O)nn1)c1ccc(/C=C/C=C/c2ccc(N)cc2)cc1. The molecule has 242 valence electrons. The molecule has 1 saturated heterocycles. The van der Waals surface area contributed by atoms with Crippen molar-refractivity contribution in [1.29, 1.82) is 0 Å². The minimum atomic E-state index is -1.24. The monoisotopic (exact) mass is 638 g/mol.